The van der Waals surface area contributed by atoms with E-state index in [1.165, 1.54) is 11.3 Å². The van der Waals surface area contributed by atoms with E-state index in [2.05, 4.69) is 20.9 Å². The zero-order chi connectivity index (χ0) is 20.7. The first-order valence-corrected chi connectivity index (χ1v) is 9.34. The molecule has 0 radical (unpaired) electrons. The lowest BCUT2D eigenvalue weighted by Gasteiger charge is -2.23. The minimum Gasteiger partial charge on any atom is -0.383 e. The molecule has 1 unspecified atom stereocenters. The molecule has 0 bridgehead atoms. The summed E-state index contributed by atoms with van der Waals surface area (Å²) in [6.45, 7) is 3.72. The van der Waals surface area contributed by atoms with Gasteiger partial charge in [-0.3, -0.25) is 4.79 Å². The average Bonchev–Trinajstić information content (AvgIpc) is 3.20. The number of hydrogen-bond donors (Lipinski definition) is 4. The Morgan fingerprint density at radius 3 is 2.55 bits per heavy atom. The molecule has 0 aliphatic carbocycles. The van der Waals surface area contributed by atoms with Gasteiger partial charge in [-0.1, -0.05) is 6.07 Å². The molecule has 0 aliphatic rings. The first kappa shape index (κ1) is 25.2. The molecule has 1 heterocycles. The van der Waals surface area contributed by atoms with Gasteiger partial charge in [0.1, 0.15) is 12.1 Å². The number of aliphatic imine (C=N–C) groups is 1. The second-order valence-electron chi connectivity index (χ2n) is 6.07. The Morgan fingerprint density at radius 1 is 1.21 bits per heavy atom. The number of aliphatic hydroxyl groups is 1. The Balaban J connectivity index is 0.00000420. The van der Waals surface area contributed by atoms with Gasteiger partial charge in [0.15, 0.2) is 23.4 Å². The van der Waals surface area contributed by atoms with E-state index in [0.717, 1.165) is 17.0 Å². The molecule has 0 spiro atoms. The molecule has 6 nitrogen and oxygen atoms in total. The zero-order valence-corrected chi connectivity index (χ0v) is 18.9. The monoisotopic (exact) mass is 542 g/mol. The smallest absolute Gasteiger partial charge is 0.246 e. The van der Waals surface area contributed by atoms with Crippen LogP contribution in [-0.4, -0.2) is 36.6 Å². The van der Waals surface area contributed by atoms with Gasteiger partial charge in [0.2, 0.25) is 5.91 Å². The third-order valence-corrected chi connectivity index (χ3v) is 4.81. The van der Waals surface area contributed by atoms with Crippen LogP contribution >= 0.6 is 35.3 Å². The number of thiophene rings is 1. The van der Waals surface area contributed by atoms with Crippen LogP contribution in [0.25, 0.3) is 0 Å². The van der Waals surface area contributed by atoms with Gasteiger partial charge in [0.25, 0.3) is 0 Å². The first-order valence-electron chi connectivity index (χ1n) is 8.46. The summed E-state index contributed by atoms with van der Waals surface area (Å²) in [5, 5.41) is 20.4. The van der Waals surface area contributed by atoms with Gasteiger partial charge in [-0.2, -0.15) is 0 Å². The number of rotatable bonds is 7. The maximum atomic E-state index is 13.6. The Labute approximate surface area is 187 Å². The Morgan fingerprint density at radius 2 is 1.93 bits per heavy atom. The number of hydrogen-bond acceptors (Lipinski definition) is 4. The highest BCUT2D eigenvalue weighted by atomic mass is 127. The number of anilines is 1. The summed E-state index contributed by atoms with van der Waals surface area (Å²) in [4.78, 5) is 16.8. The topological polar surface area (TPSA) is 85.8 Å². The Bertz CT molecular complexity index is 848. The van der Waals surface area contributed by atoms with Crippen molar-refractivity contribution in [1.29, 1.82) is 0 Å². The molecule has 0 aliphatic heterocycles. The van der Waals surface area contributed by atoms with Crippen molar-refractivity contribution in [2.45, 2.75) is 19.4 Å². The summed E-state index contributed by atoms with van der Waals surface area (Å²) in [6, 6.07) is 5.28. The maximum absolute atomic E-state index is 13.6. The molecule has 2 aromatic rings. The van der Waals surface area contributed by atoms with Crippen molar-refractivity contribution in [3.05, 3.63) is 52.0 Å². The van der Waals surface area contributed by atoms with Gasteiger partial charge in [-0.15, -0.1) is 35.3 Å². The largest absolute Gasteiger partial charge is 0.383 e. The zero-order valence-electron chi connectivity index (χ0n) is 15.8. The van der Waals surface area contributed by atoms with E-state index in [0.29, 0.717) is 6.54 Å². The standard InChI is InChI=1S/C18H21F3N4O2S.HI/c1-3-22-17(24-10-18(2,27)13-5-4-8-28-13)23-9-14(26)25-12-7-6-11(19)15(20)16(12)21;/h4-8,27H,3,9-10H2,1-2H3,(H,25,26)(H2,22,23,24);1H. The van der Waals surface area contributed by atoms with Crippen molar-refractivity contribution in [2.75, 3.05) is 25.0 Å². The second kappa shape index (κ2) is 11.4. The third kappa shape index (κ3) is 7.16. The number of carbonyl (C=O) groups excluding carboxylic acids is 1. The van der Waals surface area contributed by atoms with Crippen LogP contribution in [0.4, 0.5) is 18.9 Å². The number of halogens is 4. The summed E-state index contributed by atoms with van der Waals surface area (Å²) in [5.41, 5.74) is -1.61. The van der Waals surface area contributed by atoms with Crippen LogP contribution in [0.15, 0.2) is 34.6 Å². The highest BCUT2D eigenvalue weighted by Gasteiger charge is 2.24. The molecule has 0 saturated carbocycles. The molecular formula is C18H22F3IN4O2S. The first-order chi connectivity index (χ1) is 13.2. The number of nitrogens with zero attached hydrogens (tertiary/aromatic N) is 1. The number of guanidine groups is 1. The van der Waals surface area contributed by atoms with E-state index < -0.39 is 41.2 Å². The summed E-state index contributed by atoms with van der Waals surface area (Å²) in [5.74, 6) is -4.93. The fourth-order valence-corrected chi connectivity index (χ4v) is 3.02. The van der Waals surface area contributed by atoms with Crippen LogP contribution < -0.4 is 16.0 Å². The molecule has 29 heavy (non-hydrogen) atoms. The lowest BCUT2D eigenvalue weighted by atomic mass is 10.1. The van der Waals surface area contributed by atoms with Crippen molar-refractivity contribution < 1.29 is 23.1 Å². The molecule has 11 heteroatoms. The average molecular weight is 542 g/mol. The molecule has 160 valence electrons. The maximum Gasteiger partial charge on any atom is 0.246 e. The number of carbonyl (C=O) groups is 1. The second-order valence-corrected chi connectivity index (χ2v) is 7.02. The molecule has 0 saturated heterocycles. The van der Waals surface area contributed by atoms with Crippen LogP contribution in [0.1, 0.15) is 18.7 Å². The van der Waals surface area contributed by atoms with Gasteiger partial charge in [0, 0.05) is 11.4 Å². The van der Waals surface area contributed by atoms with E-state index in [9.17, 15) is 23.1 Å². The van der Waals surface area contributed by atoms with Crippen molar-refractivity contribution >= 4 is 52.9 Å². The van der Waals surface area contributed by atoms with Gasteiger partial charge in [-0.25, -0.2) is 18.2 Å². The van der Waals surface area contributed by atoms with E-state index in [-0.39, 0.29) is 36.5 Å². The minimum atomic E-state index is -1.66. The van der Waals surface area contributed by atoms with Crippen molar-refractivity contribution in [3.63, 3.8) is 0 Å². The predicted octanol–water partition coefficient (Wildman–Crippen LogP) is 3.18. The summed E-state index contributed by atoms with van der Waals surface area (Å²) in [7, 11) is 0. The molecule has 0 fully saturated rings. The lowest BCUT2D eigenvalue weighted by Crippen LogP contribution is -2.44. The molecule has 1 atom stereocenters. The lowest BCUT2D eigenvalue weighted by molar-refractivity contribution is -0.114. The normalized spacial score (nSPS) is 13.2. The highest BCUT2D eigenvalue weighted by Crippen LogP contribution is 2.24. The van der Waals surface area contributed by atoms with Crippen LogP contribution in [0, 0.1) is 17.5 Å². The minimum absolute atomic E-state index is 0. The van der Waals surface area contributed by atoms with E-state index >= 15 is 0 Å². The van der Waals surface area contributed by atoms with Gasteiger partial charge >= 0.3 is 0 Å². The van der Waals surface area contributed by atoms with E-state index in [4.69, 9.17) is 0 Å². The summed E-state index contributed by atoms with van der Waals surface area (Å²) < 4.78 is 39.8. The molecule has 4 N–H and O–H groups in total. The van der Waals surface area contributed by atoms with Gasteiger partial charge in [-0.05, 0) is 37.4 Å². The van der Waals surface area contributed by atoms with Crippen LogP contribution in [0.2, 0.25) is 0 Å². The van der Waals surface area contributed by atoms with Crippen molar-refractivity contribution in [1.82, 2.24) is 10.6 Å². The number of amides is 1. The van der Waals surface area contributed by atoms with Gasteiger partial charge in [0.05, 0.1) is 12.2 Å². The van der Waals surface area contributed by atoms with Crippen LogP contribution in [0.3, 0.4) is 0 Å². The quantitative estimate of drug-likeness (QED) is 0.188. The summed E-state index contributed by atoms with van der Waals surface area (Å²) >= 11 is 1.41. The van der Waals surface area contributed by atoms with E-state index in [1.807, 2.05) is 18.4 Å². The SMILES string of the molecule is CCNC(=NCC(=O)Nc1ccc(F)c(F)c1F)NCC(C)(O)c1cccs1.I. The Hall–Kier alpha value is -1.86. The Kier molecular flexibility index (Phi) is 9.86. The predicted molar refractivity (Wildman–Crippen MR) is 118 cm³/mol. The van der Waals surface area contributed by atoms with Crippen molar-refractivity contribution in [2.24, 2.45) is 4.99 Å². The van der Waals surface area contributed by atoms with Crippen molar-refractivity contribution in [3.8, 4) is 0 Å². The number of benzene rings is 1. The molecule has 1 aromatic heterocycles. The van der Waals surface area contributed by atoms with E-state index in [1.54, 1.807) is 13.0 Å². The molecule has 2 rings (SSSR count). The fraction of sp³-hybridized carbons (Fsp3) is 0.333. The molecule has 1 aromatic carbocycles. The van der Waals surface area contributed by atoms with Crippen LogP contribution in [-0.2, 0) is 10.4 Å². The number of nitrogens with one attached hydrogen (secondary N) is 3. The van der Waals surface area contributed by atoms with Gasteiger partial charge < -0.3 is 21.1 Å². The highest BCUT2D eigenvalue weighted by molar-refractivity contribution is 14.0. The summed E-state index contributed by atoms with van der Waals surface area (Å²) in [6.07, 6.45) is 0. The molecular weight excluding hydrogens is 520 g/mol. The third-order valence-electron chi connectivity index (χ3n) is 3.69. The fourth-order valence-electron chi connectivity index (χ4n) is 2.23. The molecule has 1 amide bonds. The van der Waals surface area contributed by atoms with Crippen LogP contribution in [0.5, 0.6) is 0 Å².